The number of anilines is 1. The third-order valence-corrected chi connectivity index (χ3v) is 4.74. The number of hydrogen-bond donors (Lipinski definition) is 0. The molecule has 2 aromatic carbocycles. The van der Waals surface area contributed by atoms with Crippen molar-refractivity contribution in [2.75, 3.05) is 5.01 Å². The van der Waals surface area contributed by atoms with Crippen LogP contribution in [-0.4, -0.2) is 24.3 Å². The summed E-state index contributed by atoms with van der Waals surface area (Å²) in [6.07, 6.45) is 6.44. The Bertz CT molecular complexity index is 1150. The fourth-order valence-electron chi connectivity index (χ4n) is 2.71. The van der Waals surface area contributed by atoms with Crippen molar-refractivity contribution >= 4 is 22.2 Å². The van der Waals surface area contributed by atoms with Crippen molar-refractivity contribution < 1.29 is 12.6 Å². The van der Waals surface area contributed by atoms with Crippen LogP contribution < -0.4 is 9.19 Å². The molecule has 0 radical (unpaired) electrons. The molecule has 8 nitrogen and oxygen atoms in total. The molecule has 0 spiro atoms. The van der Waals surface area contributed by atoms with E-state index in [0.717, 1.165) is 11.3 Å². The van der Waals surface area contributed by atoms with E-state index in [1.54, 1.807) is 36.8 Å². The van der Waals surface area contributed by atoms with Crippen LogP contribution in [0.2, 0.25) is 0 Å². The van der Waals surface area contributed by atoms with Crippen molar-refractivity contribution in [2.45, 2.75) is 6.54 Å². The summed E-state index contributed by atoms with van der Waals surface area (Å²) in [5, 5.41) is 11.0. The number of benzene rings is 2. The lowest BCUT2D eigenvalue weighted by Gasteiger charge is -2.26. The Hall–Kier alpha value is -3.64. The summed E-state index contributed by atoms with van der Waals surface area (Å²) in [5.41, 5.74) is 2.96. The van der Waals surface area contributed by atoms with Crippen LogP contribution >= 0.6 is 0 Å². The Morgan fingerprint density at radius 2 is 2.00 bits per heavy atom. The number of fused-ring (bicyclic) bond motifs is 1. The molecule has 0 unspecified atom stereocenters. The topological polar surface area (TPSA) is 101 Å². The summed E-state index contributed by atoms with van der Waals surface area (Å²) in [6.45, 7) is 0.482. The first kappa shape index (κ1) is 16.8. The van der Waals surface area contributed by atoms with Gasteiger partial charge in [0, 0.05) is 18.0 Å². The van der Waals surface area contributed by atoms with E-state index in [4.69, 9.17) is 9.44 Å². The highest BCUT2D eigenvalue weighted by Gasteiger charge is 2.19. The van der Waals surface area contributed by atoms with Crippen molar-refractivity contribution in [1.29, 1.82) is 5.26 Å². The number of aromatic nitrogens is 2. The van der Waals surface area contributed by atoms with E-state index in [9.17, 15) is 8.42 Å². The van der Waals surface area contributed by atoms with E-state index in [-0.39, 0.29) is 5.75 Å². The number of hydrogen-bond acceptors (Lipinski definition) is 6. The van der Waals surface area contributed by atoms with Crippen LogP contribution in [-0.2, 0) is 16.8 Å². The van der Waals surface area contributed by atoms with Crippen LogP contribution in [0.5, 0.6) is 5.75 Å². The molecule has 0 N–H and O–H groups in total. The molecule has 4 rings (SSSR count). The lowest BCUT2D eigenvalue weighted by atomic mass is 10.1. The molecule has 1 aliphatic heterocycles. The van der Waals surface area contributed by atoms with Crippen LogP contribution in [0.25, 0.3) is 0 Å². The Labute approximate surface area is 155 Å². The van der Waals surface area contributed by atoms with Gasteiger partial charge in [0.25, 0.3) is 0 Å². The van der Waals surface area contributed by atoms with Crippen molar-refractivity contribution in [1.82, 2.24) is 9.66 Å². The standard InChI is InChI=1S/C18H13N5O3S/c19-10-14-1-4-17(5-2-14)23(22-8-7-20-13-22)12-15-3-6-18-16(9-15)11-21-27(24,25)26-18/h1-9,11,13H,12H2. The lowest BCUT2D eigenvalue weighted by molar-refractivity contribution is 0.485. The average molecular weight is 379 g/mol. The van der Waals surface area contributed by atoms with E-state index in [2.05, 4.69) is 15.5 Å². The van der Waals surface area contributed by atoms with Crippen LogP contribution in [0.15, 0.2) is 65.6 Å². The Balaban J connectivity index is 1.67. The molecule has 0 saturated carbocycles. The Morgan fingerprint density at radius 3 is 2.70 bits per heavy atom. The second-order valence-electron chi connectivity index (χ2n) is 5.78. The predicted octanol–water partition coefficient (Wildman–Crippen LogP) is 2.28. The summed E-state index contributed by atoms with van der Waals surface area (Å²) < 4.78 is 32.9. The maximum absolute atomic E-state index is 11.4. The highest BCUT2D eigenvalue weighted by atomic mass is 32.2. The molecule has 1 aromatic heterocycles. The molecule has 3 aromatic rings. The third kappa shape index (κ3) is 3.51. The van der Waals surface area contributed by atoms with Gasteiger partial charge in [0.1, 0.15) is 6.33 Å². The van der Waals surface area contributed by atoms with E-state index in [1.807, 2.05) is 34.1 Å². The summed E-state index contributed by atoms with van der Waals surface area (Å²) in [7, 11) is -3.90. The molecule has 0 saturated heterocycles. The monoisotopic (exact) mass is 379 g/mol. The number of imidazole rings is 1. The van der Waals surface area contributed by atoms with Gasteiger partial charge < -0.3 is 4.18 Å². The van der Waals surface area contributed by atoms with Crippen molar-refractivity contribution in [3.63, 3.8) is 0 Å². The zero-order valence-electron chi connectivity index (χ0n) is 13.9. The van der Waals surface area contributed by atoms with E-state index in [1.165, 1.54) is 6.21 Å². The zero-order valence-corrected chi connectivity index (χ0v) is 14.7. The summed E-state index contributed by atoms with van der Waals surface area (Å²) >= 11 is 0. The normalized spacial score (nSPS) is 14.0. The fraction of sp³-hybridized carbons (Fsp3) is 0.0556. The quantitative estimate of drug-likeness (QED) is 0.689. The van der Waals surface area contributed by atoms with Gasteiger partial charge in [0.2, 0.25) is 0 Å². The lowest BCUT2D eigenvalue weighted by Crippen LogP contribution is -2.27. The van der Waals surface area contributed by atoms with Crippen molar-refractivity contribution in [3.8, 4) is 11.8 Å². The second kappa shape index (κ2) is 6.59. The van der Waals surface area contributed by atoms with Crippen molar-refractivity contribution in [2.24, 2.45) is 4.40 Å². The molecule has 0 aliphatic carbocycles. The largest absolute Gasteiger partial charge is 0.428 e. The number of nitrogens with zero attached hydrogens (tertiary/aromatic N) is 5. The molecule has 0 fully saturated rings. The van der Waals surface area contributed by atoms with Gasteiger partial charge in [-0.05, 0) is 42.0 Å². The first-order valence-electron chi connectivity index (χ1n) is 7.93. The average Bonchev–Trinajstić information content (AvgIpc) is 3.20. The van der Waals surface area contributed by atoms with Gasteiger partial charge in [0.15, 0.2) is 5.75 Å². The minimum absolute atomic E-state index is 0.251. The van der Waals surface area contributed by atoms with Gasteiger partial charge >= 0.3 is 10.3 Å². The summed E-state index contributed by atoms with van der Waals surface area (Å²) in [5.74, 6) is 0.251. The zero-order chi connectivity index (χ0) is 18.9. The summed E-state index contributed by atoms with van der Waals surface area (Å²) in [6, 6.07) is 14.5. The van der Waals surface area contributed by atoms with E-state index in [0.29, 0.717) is 17.7 Å². The second-order valence-corrected chi connectivity index (χ2v) is 7.01. The molecule has 2 heterocycles. The van der Waals surface area contributed by atoms with Crippen LogP contribution in [0.3, 0.4) is 0 Å². The smallest absolute Gasteiger partial charge is 0.365 e. The molecule has 9 heteroatoms. The maximum Gasteiger partial charge on any atom is 0.428 e. The Kier molecular flexibility index (Phi) is 4.10. The van der Waals surface area contributed by atoms with Crippen LogP contribution in [0.4, 0.5) is 5.69 Å². The first-order chi connectivity index (χ1) is 13.0. The van der Waals surface area contributed by atoms with Gasteiger partial charge in [-0.1, -0.05) is 6.07 Å². The molecular formula is C18H13N5O3S. The third-order valence-electron chi connectivity index (χ3n) is 3.99. The minimum Gasteiger partial charge on any atom is -0.365 e. The van der Waals surface area contributed by atoms with Crippen molar-refractivity contribution in [3.05, 3.63) is 77.9 Å². The SMILES string of the molecule is N#Cc1ccc(N(Cc2ccc3c(c2)C=NS(=O)(=O)O3)n2ccnc2)cc1. The summed E-state index contributed by atoms with van der Waals surface area (Å²) in [4.78, 5) is 4.09. The minimum atomic E-state index is -3.90. The molecule has 0 atom stereocenters. The Morgan fingerprint density at radius 1 is 1.19 bits per heavy atom. The fourth-order valence-corrected chi connectivity index (χ4v) is 3.38. The number of nitriles is 1. The molecule has 0 bridgehead atoms. The van der Waals surface area contributed by atoms with Crippen LogP contribution in [0.1, 0.15) is 16.7 Å². The van der Waals surface area contributed by atoms with Gasteiger partial charge in [-0.3, -0.25) is 5.01 Å². The predicted molar refractivity (Wildman–Crippen MR) is 98.5 cm³/mol. The molecule has 27 heavy (non-hydrogen) atoms. The number of rotatable bonds is 4. The van der Waals surface area contributed by atoms with Gasteiger partial charge in [-0.2, -0.15) is 13.7 Å². The molecule has 134 valence electrons. The van der Waals surface area contributed by atoms with E-state index >= 15 is 0 Å². The highest BCUT2D eigenvalue weighted by Crippen LogP contribution is 2.26. The molecule has 1 aliphatic rings. The van der Waals surface area contributed by atoms with E-state index < -0.39 is 10.3 Å². The molecule has 0 amide bonds. The first-order valence-corrected chi connectivity index (χ1v) is 9.29. The molecular weight excluding hydrogens is 366 g/mol. The maximum atomic E-state index is 11.4. The van der Waals surface area contributed by atoms with Gasteiger partial charge in [0.05, 0.1) is 30.1 Å². The van der Waals surface area contributed by atoms with Gasteiger partial charge in [-0.15, -0.1) is 4.40 Å². The van der Waals surface area contributed by atoms with Gasteiger partial charge in [-0.25, -0.2) is 9.66 Å². The van der Waals surface area contributed by atoms with Crippen LogP contribution in [0, 0.1) is 11.3 Å². The highest BCUT2D eigenvalue weighted by molar-refractivity contribution is 7.86.